The second-order valence-corrected chi connectivity index (χ2v) is 7.08. The number of rotatable bonds is 6. The summed E-state index contributed by atoms with van der Waals surface area (Å²) in [5, 5.41) is 2.70. The smallest absolute Gasteiger partial charge is 0.407 e. The van der Waals surface area contributed by atoms with Crippen molar-refractivity contribution in [1.82, 2.24) is 5.32 Å². The number of alkyl carbamates (subject to hydrolysis) is 1. The highest BCUT2D eigenvalue weighted by Crippen LogP contribution is 2.18. The van der Waals surface area contributed by atoms with Crippen molar-refractivity contribution in [3.8, 4) is 0 Å². The number of benzene rings is 1. The zero-order valence-corrected chi connectivity index (χ0v) is 15.6. The zero-order valence-electron chi connectivity index (χ0n) is 13.4. The molecule has 0 aliphatic rings. The van der Waals surface area contributed by atoms with Crippen LogP contribution < -0.4 is 5.32 Å². The van der Waals surface area contributed by atoms with Crippen LogP contribution in [0, 0.1) is 5.82 Å². The first kappa shape index (κ1) is 19.2. The van der Waals surface area contributed by atoms with E-state index in [0.29, 0.717) is 16.5 Å². The van der Waals surface area contributed by atoms with E-state index in [4.69, 9.17) is 9.47 Å². The van der Waals surface area contributed by atoms with Crippen molar-refractivity contribution in [2.45, 2.75) is 45.5 Å². The monoisotopic (exact) mass is 423 g/mol. The van der Waals surface area contributed by atoms with Crippen LogP contribution >= 0.6 is 22.6 Å². The van der Waals surface area contributed by atoms with Crippen molar-refractivity contribution in [3.05, 3.63) is 35.6 Å². The summed E-state index contributed by atoms with van der Waals surface area (Å²) < 4.78 is 25.2. The second kappa shape index (κ2) is 8.10. The van der Waals surface area contributed by atoms with Gasteiger partial charge in [0.15, 0.2) is 0 Å². The van der Waals surface area contributed by atoms with Crippen LogP contribution in [-0.4, -0.2) is 28.3 Å². The third-order valence-electron chi connectivity index (χ3n) is 2.82. The second-order valence-electron chi connectivity index (χ2n) is 6.32. The molecule has 1 atom stereocenters. The van der Waals surface area contributed by atoms with Crippen molar-refractivity contribution in [2.75, 3.05) is 11.0 Å². The van der Waals surface area contributed by atoms with Gasteiger partial charge in [-0.1, -0.05) is 40.8 Å². The molecule has 6 heteroatoms. The Morgan fingerprint density at radius 1 is 1.27 bits per heavy atom. The molecule has 22 heavy (non-hydrogen) atoms. The van der Waals surface area contributed by atoms with Gasteiger partial charge in [-0.2, -0.15) is 0 Å². The summed E-state index contributed by atoms with van der Waals surface area (Å²) in [5.41, 5.74) is -0.644. The molecule has 1 aromatic rings. The molecule has 0 bridgehead atoms. The Bertz CT molecular complexity index is 504. The van der Waals surface area contributed by atoms with Gasteiger partial charge in [0.1, 0.15) is 11.4 Å². The van der Waals surface area contributed by atoms with Gasteiger partial charge in [0, 0.05) is 9.99 Å². The normalized spacial score (nSPS) is 14.3. The van der Waals surface area contributed by atoms with Crippen LogP contribution in [0.3, 0.4) is 0 Å². The van der Waals surface area contributed by atoms with Gasteiger partial charge in [0.05, 0.1) is 18.8 Å². The number of carbonyl (C=O) groups excluding carboxylic acids is 1. The number of halogens is 2. The molecule has 1 aromatic carbocycles. The summed E-state index contributed by atoms with van der Waals surface area (Å²) in [5.74, 6) is -0.293. The molecule has 124 valence electrons. The number of alkyl halides is 1. The minimum Gasteiger partial charge on any atom is -0.444 e. The summed E-state index contributed by atoms with van der Waals surface area (Å²) in [7, 11) is 0. The molecule has 0 spiro atoms. The summed E-state index contributed by atoms with van der Waals surface area (Å²) in [6, 6.07) is 6.49. The topological polar surface area (TPSA) is 47.6 Å². The zero-order chi connectivity index (χ0) is 16.8. The Morgan fingerprint density at radius 2 is 1.91 bits per heavy atom. The highest BCUT2D eigenvalue weighted by Gasteiger charge is 2.26. The van der Waals surface area contributed by atoms with Crippen molar-refractivity contribution in [3.63, 3.8) is 0 Å². The van der Waals surface area contributed by atoms with Crippen LogP contribution in [0.1, 0.15) is 33.3 Å². The number of amides is 1. The maximum absolute atomic E-state index is 13.6. The molecular weight excluding hydrogens is 400 g/mol. The van der Waals surface area contributed by atoms with E-state index < -0.39 is 17.3 Å². The predicted octanol–water partition coefficient (Wildman–Crippen LogP) is 4.06. The van der Waals surface area contributed by atoms with Gasteiger partial charge in [-0.05, 0) is 33.8 Å². The highest BCUT2D eigenvalue weighted by molar-refractivity contribution is 14.1. The van der Waals surface area contributed by atoms with Crippen LogP contribution in [-0.2, 0) is 16.1 Å². The van der Waals surface area contributed by atoms with Crippen LogP contribution in [0.4, 0.5) is 9.18 Å². The van der Waals surface area contributed by atoms with Gasteiger partial charge in [0.25, 0.3) is 0 Å². The van der Waals surface area contributed by atoms with Crippen molar-refractivity contribution in [2.24, 2.45) is 0 Å². The molecule has 0 aromatic heterocycles. The first-order chi connectivity index (χ1) is 10.2. The van der Waals surface area contributed by atoms with E-state index in [1.165, 1.54) is 6.07 Å². The maximum Gasteiger partial charge on any atom is 0.407 e. The first-order valence-corrected chi connectivity index (χ1v) is 8.58. The molecule has 1 unspecified atom stereocenters. The average Bonchev–Trinajstić information content (AvgIpc) is 2.42. The predicted molar refractivity (Wildman–Crippen MR) is 92.7 cm³/mol. The quantitative estimate of drug-likeness (QED) is 0.555. The van der Waals surface area contributed by atoms with Crippen molar-refractivity contribution < 1.29 is 18.7 Å². The molecular formula is C16H23FINO3. The van der Waals surface area contributed by atoms with E-state index in [9.17, 15) is 9.18 Å². The summed E-state index contributed by atoms with van der Waals surface area (Å²) >= 11 is 2.18. The minimum absolute atomic E-state index is 0.155. The largest absolute Gasteiger partial charge is 0.444 e. The third-order valence-corrected chi connectivity index (χ3v) is 4.44. The molecule has 1 N–H and O–H groups in total. The van der Waals surface area contributed by atoms with E-state index >= 15 is 0 Å². The number of nitrogens with one attached hydrogen (secondary N) is 1. The lowest BCUT2D eigenvalue weighted by Gasteiger charge is -2.29. The summed E-state index contributed by atoms with van der Waals surface area (Å²) in [4.78, 5) is 11.7. The van der Waals surface area contributed by atoms with E-state index in [1.807, 2.05) is 6.92 Å². The van der Waals surface area contributed by atoms with E-state index in [0.717, 1.165) is 0 Å². The van der Waals surface area contributed by atoms with Crippen LogP contribution in [0.2, 0.25) is 0 Å². The molecule has 0 saturated carbocycles. The van der Waals surface area contributed by atoms with Gasteiger partial charge >= 0.3 is 6.09 Å². The average molecular weight is 423 g/mol. The van der Waals surface area contributed by atoms with E-state index in [2.05, 4.69) is 27.9 Å². The fourth-order valence-corrected chi connectivity index (χ4v) is 2.07. The van der Waals surface area contributed by atoms with Crippen LogP contribution in [0.15, 0.2) is 24.3 Å². The third kappa shape index (κ3) is 6.91. The minimum atomic E-state index is -0.597. The SMILES string of the molecule is CC(C)(C)OC(=O)NCC(C)(CI)OCc1ccccc1F. The highest BCUT2D eigenvalue weighted by atomic mass is 127. The number of carbonyl (C=O) groups is 1. The standard InChI is InChI=1S/C16H23FINO3/c1-15(2,3)22-14(20)19-11-16(4,10-18)21-9-12-7-5-6-8-13(12)17/h5-8H,9-11H2,1-4H3,(H,19,20). The Balaban J connectivity index is 2.54. The van der Waals surface area contributed by atoms with Gasteiger partial charge in [-0.15, -0.1) is 0 Å². The molecule has 1 rings (SSSR count). The molecule has 1 amide bonds. The lowest BCUT2D eigenvalue weighted by Crippen LogP contribution is -2.45. The fourth-order valence-electron chi connectivity index (χ4n) is 1.58. The van der Waals surface area contributed by atoms with Crippen LogP contribution in [0.5, 0.6) is 0 Å². The van der Waals surface area contributed by atoms with Gasteiger partial charge < -0.3 is 14.8 Å². The Labute approximate surface area is 144 Å². The maximum atomic E-state index is 13.6. The van der Waals surface area contributed by atoms with Gasteiger partial charge in [-0.3, -0.25) is 0 Å². The Morgan fingerprint density at radius 3 is 2.45 bits per heavy atom. The molecule has 0 saturated heterocycles. The lowest BCUT2D eigenvalue weighted by molar-refractivity contribution is -0.0256. The van der Waals surface area contributed by atoms with E-state index in [1.54, 1.807) is 39.0 Å². The molecule has 0 heterocycles. The molecule has 0 fully saturated rings. The van der Waals surface area contributed by atoms with E-state index in [-0.39, 0.29) is 12.4 Å². The van der Waals surface area contributed by atoms with Gasteiger partial charge in [-0.25, -0.2) is 9.18 Å². The molecule has 4 nitrogen and oxygen atoms in total. The molecule has 0 radical (unpaired) electrons. The van der Waals surface area contributed by atoms with Crippen molar-refractivity contribution >= 4 is 28.7 Å². The summed E-state index contributed by atoms with van der Waals surface area (Å²) in [6.07, 6.45) is -0.488. The Hall–Kier alpha value is -0.890. The number of hydrogen-bond acceptors (Lipinski definition) is 3. The number of ether oxygens (including phenoxy) is 2. The van der Waals surface area contributed by atoms with Crippen LogP contribution in [0.25, 0.3) is 0 Å². The van der Waals surface area contributed by atoms with Gasteiger partial charge in [0.2, 0.25) is 0 Å². The summed E-state index contributed by atoms with van der Waals surface area (Å²) in [6.45, 7) is 7.73. The first-order valence-electron chi connectivity index (χ1n) is 7.05. The molecule has 0 aliphatic heterocycles. The lowest BCUT2D eigenvalue weighted by atomic mass is 10.1. The molecule has 0 aliphatic carbocycles. The fraction of sp³-hybridized carbons (Fsp3) is 0.562. The number of hydrogen-bond donors (Lipinski definition) is 1. The Kier molecular flexibility index (Phi) is 7.05. The van der Waals surface area contributed by atoms with Crippen molar-refractivity contribution in [1.29, 1.82) is 0 Å².